The van der Waals surface area contributed by atoms with Crippen molar-refractivity contribution in [3.8, 4) is 0 Å². The molecular formula is C18H36O3Si. The van der Waals surface area contributed by atoms with Crippen molar-refractivity contribution in [1.82, 2.24) is 0 Å². The number of hydrogen-bond donors (Lipinski definition) is 0. The van der Waals surface area contributed by atoms with Gasteiger partial charge in [-0.05, 0) is 44.8 Å². The Morgan fingerprint density at radius 2 is 1.73 bits per heavy atom. The molecule has 22 heavy (non-hydrogen) atoms. The second-order valence-electron chi connectivity index (χ2n) is 8.38. The van der Waals surface area contributed by atoms with Crippen LogP contribution in [0.25, 0.3) is 0 Å². The van der Waals surface area contributed by atoms with E-state index in [1.807, 2.05) is 0 Å². The van der Waals surface area contributed by atoms with Crippen molar-refractivity contribution in [2.75, 3.05) is 0 Å². The summed E-state index contributed by atoms with van der Waals surface area (Å²) in [5, 5.41) is 0.241. The molecule has 0 bridgehead atoms. The van der Waals surface area contributed by atoms with E-state index in [2.05, 4.69) is 40.8 Å². The van der Waals surface area contributed by atoms with E-state index in [1.54, 1.807) is 6.92 Å². The van der Waals surface area contributed by atoms with Crippen LogP contribution in [0.2, 0.25) is 18.1 Å². The predicted octanol–water partition coefficient (Wildman–Crippen LogP) is 5.09. The van der Waals surface area contributed by atoms with Gasteiger partial charge in [0.15, 0.2) is 8.32 Å². The van der Waals surface area contributed by atoms with Gasteiger partial charge in [0.1, 0.15) is 11.9 Å². The maximum absolute atomic E-state index is 10.9. The fourth-order valence-electron chi connectivity index (χ4n) is 2.51. The lowest BCUT2D eigenvalue weighted by Gasteiger charge is -2.39. The first kappa shape index (κ1) is 19.9. The maximum Gasteiger partial charge on any atom is 0.192 e. The highest BCUT2D eigenvalue weighted by atomic mass is 28.4. The van der Waals surface area contributed by atoms with Crippen molar-refractivity contribution in [3.05, 3.63) is 0 Å². The predicted molar refractivity (Wildman–Crippen MR) is 94.8 cm³/mol. The molecule has 1 aliphatic rings. The van der Waals surface area contributed by atoms with Gasteiger partial charge in [-0.2, -0.15) is 0 Å². The van der Waals surface area contributed by atoms with E-state index in [1.165, 1.54) is 12.8 Å². The maximum atomic E-state index is 10.9. The fraction of sp³-hybridized carbons (Fsp3) is 0.944. The van der Waals surface area contributed by atoms with Gasteiger partial charge in [-0.3, -0.25) is 0 Å². The first-order valence-corrected chi connectivity index (χ1v) is 11.8. The Kier molecular flexibility index (Phi) is 7.28. The molecule has 1 aliphatic heterocycles. The number of carbonyl (C=O) groups excluding carboxylic acids is 1. The van der Waals surface area contributed by atoms with E-state index >= 15 is 0 Å². The topological polar surface area (TPSA) is 38.8 Å². The highest BCUT2D eigenvalue weighted by molar-refractivity contribution is 6.74. The van der Waals surface area contributed by atoms with Gasteiger partial charge in [0, 0.05) is 6.42 Å². The van der Waals surface area contributed by atoms with Crippen LogP contribution in [-0.4, -0.2) is 32.4 Å². The highest BCUT2D eigenvalue weighted by Crippen LogP contribution is 2.40. The molecule has 0 amide bonds. The van der Waals surface area contributed by atoms with Gasteiger partial charge in [0.2, 0.25) is 0 Å². The third-order valence-electron chi connectivity index (χ3n) is 5.14. The first-order chi connectivity index (χ1) is 10.0. The molecular weight excluding hydrogens is 292 g/mol. The molecule has 1 saturated heterocycles. The van der Waals surface area contributed by atoms with Crippen molar-refractivity contribution in [2.24, 2.45) is 0 Å². The normalized spacial score (nSPS) is 23.4. The van der Waals surface area contributed by atoms with Crippen LogP contribution in [0.15, 0.2) is 0 Å². The van der Waals surface area contributed by atoms with Gasteiger partial charge < -0.3 is 14.0 Å². The van der Waals surface area contributed by atoms with Gasteiger partial charge in [0.25, 0.3) is 0 Å². The minimum absolute atomic E-state index is 0.241. The van der Waals surface area contributed by atoms with Gasteiger partial charge in [-0.15, -0.1) is 0 Å². The summed E-state index contributed by atoms with van der Waals surface area (Å²) in [4.78, 5) is 10.9. The minimum Gasteiger partial charge on any atom is -0.411 e. The molecule has 3 atom stereocenters. The average molecular weight is 329 g/mol. The van der Waals surface area contributed by atoms with Gasteiger partial charge in [-0.1, -0.05) is 40.0 Å². The molecule has 0 radical (unpaired) electrons. The lowest BCUT2D eigenvalue weighted by atomic mass is 10.0. The second kappa shape index (κ2) is 8.07. The van der Waals surface area contributed by atoms with E-state index in [0.29, 0.717) is 18.0 Å². The van der Waals surface area contributed by atoms with Crippen molar-refractivity contribution in [1.29, 1.82) is 0 Å². The summed E-state index contributed by atoms with van der Waals surface area (Å²) >= 11 is 0. The Hall–Kier alpha value is -0.193. The molecule has 0 aromatic heterocycles. The SMILES string of the molecule is CC(=O)CCCCCC[C@@H](O[Si](C)(C)C(C)(C)C)[C@H]1O[C@@H]1C. The highest BCUT2D eigenvalue weighted by Gasteiger charge is 2.47. The monoisotopic (exact) mass is 328 g/mol. The third-order valence-corrected chi connectivity index (χ3v) is 9.65. The van der Waals surface area contributed by atoms with Crippen LogP contribution in [0.5, 0.6) is 0 Å². The summed E-state index contributed by atoms with van der Waals surface area (Å²) in [5.41, 5.74) is 0. The number of hydrogen-bond acceptors (Lipinski definition) is 3. The van der Waals surface area contributed by atoms with Crippen molar-refractivity contribution in [2.45, 2.75) is 110 Å². The summed E-state index contributed by atoms with van der Waals surface area (Å²) < 4.78 is 12.3. The lowest BCUT2D eigenvalue weighted by Crippen LogP contribution is -2.45. The molecule has 0 spiro atoms. The summed E-state index contributed by atoms with van der Waals surface area (Å²) in [6.45, 7) is 15.3. The second-order valence-corrected chi connectivity index (χ2v) is 13.1. The Morgan fingerprint density at radius 3 is 2.18 bits per heavy atom. The molecule has 3 nitrogen and oxygen atoms in total. The molecule has 1 rings (SSSR count). The van der Waals surface area contributed by atoms with Crippen LogP contribution < -0.4 is 0 Å². The number of Topliss-reactive ketones (excluding diaryl/α,β-unsaturated/α-hetero) is 1. The van der Waals surface area contributed by atoms with Crippen LogP contribution in [0.4, 0.5) is 0 Å². The van der Waals surface area contributed by atoms with Crippen LogP contribution in [0.1, 0.15) is 73.1 Å². The smallest absolute Gasteiger partial charge is 0.192 e. The van der Waals surface area contributed by atoms with Crippen molar-refractivity contribution < 1.29 is 14.0 Å². The van der Waals surface area contributed by atoms with Crippen LogP contribution >= 0.6 is 0 Å². The number of ketones is 1. The summed E-state index contributed by atoms with van der Waals surface area (Å²) in [5.74, 6) is 0.305. The number of carbonyl (C=O) groups is 1. The number of ether oxygens (including phenoxy) is 1. The largest absolute Gasteiger partial charge is 0.411 e. The molecule has 1 heterocycles. The Bertz CT molecular complexity index is 360. The number of unbranched alkanes of at least 4 members (excludes halogenated alkanes) is 3. The minimum atomic E-state index is -1.74. The van der Waals surface area contributed by atoms with Crippen molar-refractivity contribution >= 4 is 14.1 Å². The molecule has 0 N–H and O–H groups in total. The lowest BCUT2D eigenvalue weighted by molar-refractivity contribution is -0.117. The zero-order valence-electron chi connectivity index (χ0n) is 15.7. The number of rotatable bonds is 10. The van der Waals surface area contributed by atoms with Crippen molar-refractivity contribution in [3.63, 3.8) is 0 Å². The summed E-state index contributed by atoms with van der Waals surface area (Å²) in [6.07, 6.45) is 7.25. The van der Waals surface area contributed by atoms with Gasteiger partial charge >= 0.3 is 0 Å². The molecule has 0 aromatic carbocycles. The standard InChI is InChI=1S/C18H36O3Si/c1-14(19)12-10-8-9-11-13-16(17-15(2)20-17)21-22(6,7)18(3,4)5/h15-17H,8-13H2,1-7H3/t15-,16-,17+/m1/s1. The molecule has 4 heteroatoms. The fourth-order valence-corrected chi connectivity index (χ4v) is 3.87. The van der Waals surface area contributed by atoms with E-state index in [-0.39, 0.29) is 11.1 Å². The van der Waals surface area contributed by atoms with E-state index in [0.717, 1.165) is 25.7 Å². The van der Waals surface area contributed by atoms with Crippen LogP contribution in [0.3, 0.4) is 0 Å². The zero-order chi connectivity index (χ0) is 17.0. The Morgan fingerprint density at radius 1 is 1.18 bits per heavy atom. The van der Waals surface area contributed by atoms with Gasteiger partial charge in [-0.25, -0.2) is 0 Å². The molecule has 130 valence electrons. The zero-order valence-corrected chi connectivity index (χ0v) is 16.7. The Balaban J connectivity index is 2.38. The molecule has 0 aliphatic carbocycles. The number of epoxide rings is 1. The molecule has 1 fully saturated rings. The van der Waals surface area contributed by atoms with E-state index in [4.69, 9.17) is 9.16 Å². The van der Waals surface area contributed by atoms with E-state index in [9.17, 15) is 4.79 Å². The first-order valence-electron chi connectivity index (χ1n) is 8.87. The quantitative estimate of drug-likeness (QED) is 0.318. The molecule has 0 unspecified atom stereocenters. The van der Waals surface area contributed by atoms with Crippen LogP contribution in [0, 0.1) is 0 Å². The molecule has 0 saturated carbocycles. The molecule has 0 aromatic rings. The summed E-state index contributed by atoms with van der Waals surface area (Å²) in [6, 6.07) is 0. The Labute approximate surface area is 138 Å². The van der Waals surface area contributed by atoms with E-state index < -0.39 is 8.32 Å². The van der Waals surface area contributed by atoms with Crippen LogP contribution in [-0.2, 0) is 14.0 Å². The summed E-state index contributed by atoms with van der Waals surface area (Å²) in [7, 11) is -1.74. The van der Waals surface area contributed by atoms with Gasteiger partial charge in [0.05, 0.1) is 12.2 Å². The third kappa shape index (κ3) is 6.51. The average Bonchev–Trinajstić information content (AvgIpc) is 3.07.